The zero-order chi connectivity index (χ0) is 34.0. The van der Waals surface area contributed by atoms with Crippen LogP contribution in [0.1, 0.15) is 30.1 Å². The van der Waals surface area contributed by atoms with Gasteiger partial charge in [0.1, 0.15) is 16.1 Å². The Labute approximate surface area is 288 Å². The fourth-order valence-corrected chi connectivity index (χ4v) is 8.72. The number of hydrogen-bond donors (Lipinski definition) is 0. The van der Waals surface area contributed by atoms with E-state index >= 15 is 0 Å². The monoisotopic (exact) mass is 740 g/mol. The van der Waals surface area contributed by atoms with Crippen LogP contribution in [0.15, 0.2) is 78.2 Å². The summed E-state index contributed by atoms with van der Waals surface area (Å²) in [6.07, 6.45) is 6.10. The third kappa shape index (κ3) is 7.81. The van der Waals surface area contributed by atoms with Crippen molar-refractivity contribution in [2.45, 2.75) is 42.2 Å². The Hall–Kier alpha value is -3.63. The van der Waals surface area contributed by atoms with Gasteiger partial charge in [-0.3, -0.25) is 0 Å². The van der Waals surface area contributed by atoms with Crippen LogP contribution in [-0.4, -0.2) is 59.4 Å². The lowest BCUT2D eigenvalue weighted by molar-refractivity contribution is -0.605. The number of rotatable bonds is 13. The number of pyridine rings is 1. The number of hydrogen-bond acceptors (Lipinski definition) is 9. The number of alkyl halides is 2. The number of ether oxygens (including phenoxy) is 3. The predicted octanol–water partition coefficient (Wildman–Crippen LogP) is 5.79. The summed E-state index contributed by atoms with van der Waals surface area (Å²) in [6.45, 7) is -2.78. The minimum atomic E-state index is -4.13. The molecule has 2 atom stereocenters. The summed E-state index contributed by atoms with van der Waals surface area (Å²) in [5.41, 5.74) is 1.24. The molecule has 0 radical (unpaired) electrons. The number of carbonyl (C=O) groups is 1. The van der Waals surface area contributed by atoms with Gasteiger partial charge in [0.25, 0.3) is 0 Å². The molecule has 0 bridgehead atoms. The molecule has 48 heavy (non-hydrogen) atoms. The van der Waals surface area contributed by atoms with Gasteiger partial charge in [-0.05, 0) is 66.8 Å². The molecule has 4 aromatic rings. The van der Waals surface area contributed by atoms with Crippen LogP contribution in [-0.2, 0) is 26.0 Å². The Bertz CT molecular complexity index is 1860. The second kappa shape index (κ2) is 14.5. The molecule has 2 fully saturated rings. The molecule has 6 rings (SSSR count). The second-order valence-corrected chi connectivity index (χ2v) is 14.9. The molecular formula is C31H28Cl2F2N4O7S2. The van der Waals surface area contributed by atoms with Crippen LogP contribution in [0.5, 0.6) is 11.5 Å². The summed E-state index contributed by atoms with van der Waals surface area (Å²) >= 11 is 13.8. The molecule has 1 aliphatic carbocycles. The second-order valence-electron chi connectivity index (χ2n) is 11.0. The van der Waals surface area contributed by atoms with Crippen LogP contribution < -0.4 is 14.2 Å². The number of carbonyl (C=O) groups excluding carboxylic acids is 1. The average Bonchev–Trinajstić information content (AvgIpc) is 3.46. The van der Waals surface area contributed by atoms with E-state index in [1.54, 1.807) is 35.3 Å². The van der Waals surface area contributed by atoms with Crippen molar-refractivity contribution in [1.82, 2.24) is 14.1 Å². The normalized spacial score (nSPS) is 17.4. The first-order chi connectivity index (χ1) is 23.0. The van der Waals surface area contributed by atoms with Crippen molar-refractivity contribution < 1.29 is 40.9 Å². The van der Waals surface area contributed by atoms with Gasteiger partial charge >= 0.3 is 12.6 Å². The molecule has 0 unspecified atom stereocenters. The number of halogens is 4. The van der Waals surface area contributed by atoms with Crippen LogP contribution >= 0.6 is 35.0 Å². The van der Waals surface area contributed by atoms with Crippen molar-refractivity contribution >= 4 is 51.0 Å². The lowest BCUT2D eigenvalue weighted by Gasteiger charge is -2.26. The van der Waals surface area contributed by atoms with E-state index in [1.807, 2.05) is 0 Å². The quantitative estimate of drug-likeness (QED) is 0.0951. The molecule has 17 heteroatoms. The fraction of sp³-hybridized carbons (Fsp3) is 0.323. The molecule has 0 amide bonds. The largest absolute Gasteiger partial charge is 0.619 e. The molecule has 0 spiro atoms. The summed E-state index contributed by atoms with van der Waals surface area (Å²) in [5.74, 6) is -0.439. The molecule has 1 saturated carbocycles. The van der Waals surface area contributed by atoms with Crippen molar-refractivity contribution in [3.05, 3.63) is 99.7 Å². The summed E-state index contributed by atoms with van der Waals surface area (Å²) < 4.78 is 73.4. The van der Waals surface area contributed by atoms with Crippen molar-refractivity contribution in [3.8, 4) is 17.2 Å². The van der Waals surface area contributed by atoms with Crippen molar-refractivity contribution in [2.75, 3.05) is 18.9 Å². The lowest BCUT2D eigenvalue weighted by Crippen LogP contribution is -2.40. The molecule has 11 nitrogen and oxygen atoms in total. The number of esters is 1. The average molecular weight is 742 g/mol. The van der Waals surface area contributed by atoms with Crippen molar-refractivity contribution in [3.63, 3.8) is 0 Å². The van der Waals surface area contributed by atoms with E-state index in [0.29, 0.717) is 21.7 Å². The fourth-order valence-electron chi connectivity index (χ4n) is 5.07. The van der Waals surface area contributed by atoms with Crippen LogP contribution in [0.2, 0.25) is 10.0 Å². The Kier molecular flexibility index (Phi) is 10.3. The van der Waals surface area contributed by atoms with Gasteiger partial charge in [0.2, 0.25) is 10.0 Å². The molecule has 1 saturated heterocycles. The molecule has 1 aliphatic heterocycles. The van der Waals surface area contributed by atoms with Gasteiger partial charge in [-0.25, -0.2) is 17.9 Å². The molecule has 254 valence electrons. The molecule has 0 N–H and O–H groups in total. The molecular weight excluding hydrogens is 713 g/mol. The van der Waals surface area contributed by atoms with Gasteiger partial charge in [-0.1, -0.05) is 29.3 Å². The molecule has 2 aromatic heterocycles. The standard InChI is InChI=1S/C31H28Cl2F2N4O7S2/c32-24-16-37(41)17-25(33)23(24)15-27(20-4-9-26(46-31(34)35)28(14-20)44-18-19-2-3-19)45-30(40)29-39(12-13-47-29)48(42,43)22-7-5-21(6-8-22)38-11-1-10-36-38/h1,4-11,14,16-17,19,27,29,31H,2-3,12-13,15,18H2/t27-,29-/m0/s1. The molecule has 3 heterocycles. The topological polar surface area (TPSA) is 127 Å². The highest BCUT2D eigenvalue weighted by atomic mass is 35.5. The zero-order valence-electron chi connectivity index (χ0n) is 25.0. The third-order valence-electron chi connectivity index (χ3n) is 7.70. The number of benzene rings is 2. The predicted molar refractivity (Wildman–Crippen MR) is 173 cm³/mol. The first kappa shape index (κ1) is 34.2. The summed E-state index contributed by atoms with van der Waals surface area (Å²) in [5, 5.41) is 14.8. The Morgan fingerprint density at radius 2 is 1.83 bits per heavy atom. The van der Waals surface area contributed by atoms with Gasteiger partial charge < -0.3 is 19.4 Å². The van der Waals surface area contributed by atoms with Gasteiger partial charge in [0.05, 0.1) is 17.2 Å². The Morgan fingerprint density at radius 1 is 1.10 bits per heavy atom. The minimum Gasteiger partial charge on any atom is -0.619 e. The highest BCUT2D eigenvalue weighted by molar-refractivity contribution is 8.02. The van der Waals surface area contributed by atoms with E-state index in [9.17, 15) is 27.2 Å². The molecule has 2 aliphatic rings. The first-order valence-electron chi connectivity index (χ1n) is 14.7. The van der Waals surface area contributed by atoms with Crippen LogP contribution in [0.25, 0.3) is 5.69 Å². The van der Waals surface area contributed by atoms with Gasteiger partial charge in [0.15, 0.2) is 29.3 Å². The van der Waals surface area contributed by atoms with Gasteiger partial charge in [-0.2, -0.15) is 22.9 Å². The number of sulfonamides is 1. The first-order valence-corrected chi connectivity index (χ1v) is 18.0. The van der Waals surface area contributed by atoms with Crippen LogP contribution in [0.3, 0.4) is 0 Å². The molecule has 2 aromatic carbocycles. The highest BCUT2D eigenvalue weighted by Gasteiger charge is 2.42. The van der Waals surface area contributed by atoms with E-state index in [2.05, 4.69) is 9.84 Å². The zero-order valence-corrected chi connectivity index (χ0v) is 28.1. The van der Waals surface area contributed by atoms with E-state index in [-0.39, 0.29) is 57.5 Å². The van der Waals surface area contributed by atoms with Crippen molar-refractivity contribution in [2.24, 2.45) is 5.92 Å². The third-order valence-corrected chi connectivity index (χ3v) is 11.5. The van der Waals surface area contributed by atoms with Gasteiger partial charge in [0, 0.05) is 36.7 Å². The highest BCUT2D eigenvalue weighted by Crippen LogP contribution is 2.39. The Morgan fingerprint density at radius 3 is 2.48 bits per heavy atom. The maximum Gasteiger partial charge on any atom is 0.387 e. The number of thioether (sulfide) groups is 1. The smallest absolute Gasteiger partial charge is 0.387 e. The van der Waals surface area contributed by atoms with Crippen LogP contribution in [0, 0.1) is 11.1 Å². The maximum absolute atomic E-state index is 13.8. The van der Waals surface area contributed by atoms with E-state index < -0.39 is 34.1 Å². The number of nitrogens with zero attached hydrogens (tertiary/aromatic N) is 4. The van der Waals surface area contributed by atoms with Crippen LogP contribution in [0.4, 0.5) is 8.78 Å². The van der Waals surface area contributed by atoms with E-state index in [0.717, 1.165) is 41.3 Å². The van der Waals surface area contributed by atoms with E-state index in [4.69, 9.17) is 32.7 Å². The summed E-state index contributed by atoms with van der Waals surface area (Å²) in [6, 6.07) is 12.0. The lowest BCUT2D eigenvalue weighted by atomic mass is 10.0. The Balaban J connectivity index is 1.29. The number of aromatic nitrogens is 3. The SMILES string of the molecule is O=C(O[C@@H](Cc1c(Cl)c[n+]([O-])cc1Cl)c1ccc(OC(F)F)c(OCC2CC2)c1)[C@@H]1SCCN1S(=O)(=O)c1ccc(-n2cccn2)cc1. The summed E-state index contributed by atoms with van der Waals surface area (Å²) in [7, 11) is -4.13. The van der Waals surface area contributed by atoms with E-state index in [1.165, 1.54) is 30.3 Å². The maximum atomic E-state index is 13.8. The summed E-state index contributed by atoms with van der Waals surface area (Å²) in [4.78, 5) is 13.8. The minimum absolute atomic E-state index is 0.000543. The van der Waals surface area contributed by atoms with Crippen molar-refractivity contribution in [1.29, 1.82) is 0 Å². The van der Waals surface area contributed by atoms with Gasteiger partial charge in [-0.15, -0.1) is 11.8 Å².